The average Bonchev–Trinajstić information content (AvgIpc) is 2.36. The monoisotopic (exact) mass is 262 g/mol. The lowest BCUT2D eigenvalue weighted by Crippen LogP contribution is -2.07. The van der Waals surface area contributed by atoms with Crippen LogP contribution in [0.2, 0.25) is 0 Å². The lowest BCUT2D eigenvalue weighted by Gasteiger charge is -2.15. The first kappa shape index (κ1) is 14.5. The quantitative estimate of drug-likeness (QED) is 0.628. The molecule has 0 heterocycles. The Labute approximate surface area is 110 Å². The van der Waals surface area contributed by atoms with Gasteiger partial charge in [-0.05, 0) is 30.7 Å². The molecular formula is C14H14O5. The van der Waals surface area contributed by atoms with Crippen LogP contribution in [0, 0.1) is 0 Å². The molecule has 0 aliphatic heterocycles. The number of carboxylic acid groups (broad SMARTS) is 1. The van der Waals surface area contributed by atoms with Crippen molar-refractivity contribution in [3.8, 4) is 5.75 Å². The Bertz CT molecular complexity index is 531. The number of esters is 1. The van der Waals surface area contributed by atoms with E-state index in [4.69, 9.17) is 9.84 Å². The minimum Gasteiger partial charge on any atom is -0.508 e. The summed E-state index contributed by atoms with van der Waals surface area (Å²) in [6.07, 6.45) is 2.74. The fourth-order valence-electron chi connectivity index (χ4n) is 1.51. The predicted octanol–water partition coefficient (Wildman–Crippen LogP) is 2.28. The molecule has 0 radical (unpaired) electrons. The summed E-state index contributed by atoms with van der Waals surface area (Å²) in [7, 11) is 0. The summed E-state index contributed by atoms with van der Waals surface area (Å²) in [6.45, 7) is 4.91. The van der Waals surface area contributed by atoms with Crippen LogP contribution in [0.25, 0.3) is 6.08 Å². The number of aliphatic carboxylic acids is 1. The van der Waals surface area contributed by atoms with Gasteiger partial charge in [0.25, 0.3) is 0 Å². The molecule has 0 saturated carbocycles. The van der Waals surface area contributed by atoms with Gasteiger partial charge in [-0.15, -0.1) is 0 Å². The van der Waals surface area contributed by atoms with Crippen molar-refractivity contribution in [3.63, 3.8) is 0 Å². The van der Waals surface area contributed by atoms with E-state index in [1.54, 1.807) is 13.0 Å². The number of phenols is 1. The standard InChI is InChI=1S/C14H14O5/c1-3-14(18)19-9(2)12-8-11(15)6-4-10(12)5-7-13(16)17/h3-9,15H,1H2,2H3,(H,16,17). The molecule has 5 heteroatoms. The zero-order chi connectivity index (χ0) is 14.4. The van der Waals surface area contributed by atoms with Crippen LogP contribution in [0.1, 0.15) is 24.2 Å². The minimum atomic E-state index is -1.09. The molecule has 0 spiro atoms. The van der Waals surface area contributed by atoms with Gasteiger partial charge in [-0.3, -0.25) is 0 Å². The normalized spacial score (nSPS) is 12.1. The lowest BCUT2D eigenvalue weighted by atomic mass is 10.0. The number of hydrogen-bond donors (Lipinski definition) is 2. The van der Waals surface area contributed by atoms with E-state index < -0.39 is 18.0 Å². The van der Waals surface area contributed by atoms with Gasteiger partial charge in [0.1, 0.15) is 11.9 Å². The van der Waals surface area contributed by atoms with E-state index in [1.807, 2.05) is 0 Å². The Kier molecular flexibility index (Phi) is 4.88. The summed E-state index contributed by atoms with van der Waals surface area (Å²) in [6, 6.07) is 4.39. The number of rotatable bonds is 5. The number of benzene rings is 1. The second-order valence-corrected chi connectivity index (χ2v) is 3.77. The third-order valence-corrected chi connectivity index (χ3v) is 2.37. The number of phenolic OH excluding ortho intramolecular Hbond substituents is 1. The van der Waals surface area contributed by atoms with E-state index >= 15 is 0 Å². The number of carboxylic acids is 1. The van der Waals surface area contributed by atoms with E-state index in [2.05, 4.69) is 6.58 Å². The van der Waals surface area contributed by atoms with Crippen molar-refractivity contribution in [1.82, 2.24) is 0 Å². The van der Waals surface area contributed by atoms with Crippen LogP contribution in [0.4, 0.5) is 0 Å². The van der Waals surface area contributed by atoms with Crippen LogP contribution >= 0.6 is 0 Å². The van der Waals surface area contributed by atoms with E-state index in [0.29, 0.717) is 11.1 Å². The number of ether oxygens (including phenoxy) is 1. The zero-order valence-electron chi connectivity index (χ0n) is 10.4. The maximum atomic E-state index is 11.1. The van der Waals surface area contributed by atoms with Crippen molar-refractivity contribution in [2.24, 2.45) is 0 Å². The van der Waals surface area contributed by atoms with Crippen molar-refractivity contribution in [2.45, 2.75) is 13.0 Å². The second kappa shape index (κ2) is 6.39. The molecule has 0 bridgehead atoms. The predicted molar refractivity (Wildman–Crippen MR) is 69.5 cm³/mol. The van der Waals surface area contributed by atoms with Crippen molar-refractivity contribution < 1.29 is 24.5 Å². The van der Waals surface area contributed by atoms with E-state index in [0.717, 1.165) is 12.2 Å². The number of carbonyl (C=O) groups is 2. The van der Waals surface area contributed by atoms with E-state index in [-0.39, 0.29) is 5.75 Å². The molecule has 1 unspecified atom stereocenters. The molecule has 0 aliphatic rings. The molecule has 19 heavy (non-hydrogen) atoms. The first-order valence-corrected chi connectivity index (χ1v) is 5.51. The van der Waals surface area contributed by atoms with Crippen LogP contribution < -0.4 is 0 Å². The Morgan fingerprint density at radius 2 is 2.11 bits per heavy atom. The van der Waals surface area contributed by atoms with Crippen LogP contribution in [-0.4, -0.2) is 22.2 Å². The molecule has 5 nitrogen and oxygen atoms in total. The Balaban J connectivity index is 3.09. The van der Waals surface area contributed by atoms with Gasteiger partial charge in [0, 0.05) is 17.7 Å². The Morgan fingerprint density at radius 3 is 2.68 bits per heavy atom. The highest BCUT2D eigenvalue weighted by Gasteiger charge is 2.13. The third kappa shape index (κ3) is 4.31. The largest absolute Gasteiger partial charge is 0.508 e. The summed E-state index contributed by atoms with van der Waals surface area (Å²) in [5, 5.41) is 18.1. The van der Waals surface area contributed by atoms with Gasteiger partial charge in [0.05, 0.1) is 0 Å². The van der Waals surface area contributed by atoms with Gasteiger partial charge in [-0.2, -0.15) is 0 Å². The van der Waals surface area contributed by atoms with Gasteiger partial charge in [0.2, 0.25) is 0 Å². The number of aromatic hydroxyl groups is 1. The topological polar surface area (TPSA) is 83.8 Å². The number of hydrogen-bond acceptors (Lipinski definition) is 4. The molecule has 0 saturated heterocycles. The summed E-state index contributed by atoms with van der Waals surface area (Å²) in [5.74, 6) is -1.68. The summed E-state index contributed by atoms with van der Waals surface area (Å²) >= 11 is 0. The zero-order valence-corrected chi connectivity index (χ0v) is 10.4. The van der Waals surface area contributed by atoms with Crippen LogP contribution in [0.3, 0.4) is 0 Å². The van der Waals surface area contributed by atoms with Gasteiger partial charge in [-0.1, -0.05) is 12.6 Å². The molecule has 1 aromatic carbocycles. The van der Waals surface area contributed by atoms with Gasteiger partial charge < -0.3 is 14.9 Å². The van der Waals surface area contributed by atoms with Gasteiger partial charge in [-0.25, -0.2) is 9.59 Å². The van der Waals surface area contributed by atoms with Crippen molar-refractivity contribution >= 4 is 18.0 Å². The van der Waals surface area contributed by atoms with Crippen molar-refractivity contribution in [2.75, 3.05) is 0 Å². The highest BCUT2D eigenvalue weighted by molar-refractivity contribution is 5.85. The maximum absolute atomic E-state index is 11.1. The summed E-state index contributed by atoms with van der Waals surface area (Å²) in [4.78, 5) is 21.7. The summed E-state index contributed by atoms with van der Waals surface area (Å²) in [5.41, 5.74) is 1.05. The second-order valence-electron chi connectivity index (χ2n) is 3.77. The van der Waals surface area contributed by atoms with E-state index in [9.17, 15) is 14.7 Å². The van der Waals surface area contributed by atoms with Gasteiger partial charge >= 0.3 is 11.9 Å². The smallest absolute Gasteiger partial charge is 0.330 e. The highest BCUT2D eigenvalue weighted by atomic mass is 16.5. The van der Waals surface area contributed by atoms with E-state index in [1.165, 1.54) is 18.2 Å². The first-order chi connectivity index (χ1) is 8.93. The van der Waals surface area contributed by atoms with Crippen LogP contribution in [0.15, 0.2) is 36.9 Å². The van der Waals surface area contributed by atoms with Crippen molar-refractivity contribution in [1.29, 1.82) is 0 Å². The van der Waals surface area contributed by atoms with Gasteiger partial charge in [0.15, 0.2) is 0 Å². The molecule has 0 amide bonds. The Morgan fingerprint density at radius 1 is 1.42 bits per heavy atom. The number of carbonyl (C=O) groups excluding carboxylic acids is 1. The maximum Gasteiger partial charge on any atom is 0.330 e. The molecule has 0 fully saturated rings. The molecule has 1 atom stereocenters. The molecule has 1 rings (SSSR count). The minimum absolute atomic E-state index is 0.00368. The Hall–Kier alpha value is -2.56. The molecule has 2 N–H and O–H groups in total. The lowest BCUT2D eigenvalue weighted by molar-refractivity contribution is -0.142. The molecule has 0 aromatic heterocycles. The average molecular weight is 262 g/mol. The molecular weight excluding hydrogens is 248 g/mol. The SMILES string of the molecule is C=CC(=O)OC(C)c1cc(O)ccc1C=CC(=O)O. The first-order valence-electron chi connectivity index (χ1n) is 5.51. The fraction of sp³-hybridized carbons (Fsp3) is 0.143. The fourth-order valence-corrected chi connectivity index (χ4v) is 1.51. The molecule has 1 aromatic rings. The third-order valence-electron chi connectivity index (χ3n) is 2.37. The molecule has 0 aliphatic carbocycles. The molecule has 100 valence electrons. The van der Waals surface area contributed by atoms with Crippen molar-refractivity contribution in [3.05, 3.63) is 48.1 Å². The van der Waals surface area contributed by atoms with Crippen LogP contribution in [0.5, 0.6) is 5.75 Å². The van der Waals surface area contributed by atoms with Crippen LogP contribution in [-0.2, 0) is 14.3 Å². The highest BCUT2D eigenvalue weighted by Crippen LogP contribution is 2.26. The summed E-state index contributed by atoms with van der Waals surface area (Å²) < 4.78 is 5.04.